The van der Waals surface area contributed by atoms with Crippen LogP contribution in [-0.2, 0) is 19.6 Å². The summed E-state index contributed by atoms with van der Waals surface area (Å²) in [6.45, 7) is 4.62. The van der Waals surface area contributed by atoms with Crippen molar-refractivity contribution >= 4 is 21.6 Å². The lowest BCUT2D eigenvalue weighted by Gasteiger charge is -2.19. The molecule has 3 rings (SSSR count). The predicted molar refractivity (Wildman–Crippen MR) is 103 cm³/mol. The second kappa shape index (κ2) is 8.44. The molecule has 0 aromatic carbocycles. The molecule has 0 amide bonds. The fourth-order valence-corrected chi connectivity index (χ4v) is 4.95. The van der Waals surface area contributed by atoms with E-state index in [0.29, 0.717) is 19.5 Å². The molecule has 2 aromatic rings. The first-order valence-electron chi connectivity index (χ1n) is 9.67. The average Bonchev–Trinajstić information content (AvgIpc) is 2.86. The second-order valence-corrected chi connectivity index (χ2v) is 8.75. The van der Waals surface area contributed by atoms with Crippen molar-refractivity contribution in [2.24, 2.45) is 0 Å². The average molecular weight is 410 g/mol. The van der Waals surface area contributed by atoms with Gasteiger partial charge in [-0.2, -0.15) is 8.99 Å². The third kappa shape index (κ3) is 3.83. The number of pyridine rings is 1. The van der Waals surface area contributed by atoms with Crippen LogP contribution in [0.15, 0.2) is 28.0 Å². The van der Waals surface area contributed by atoms with E-state index in [9.17, 15) is 18.0 Å². The van der Waals surface area contributed by atoms with E-state index in [1.54, 1.807) is 13.8 Å². The van der Waals surface area contributed by atoms with Crippen LogP contribution in [0.4, 0.5) is 0 Å². The predicted octanol–water partition coefficient (Wildman–Crippen LogP) is 1.57. The van der Waals surface area contributed by atoms with Gasteiger partial charge in [-0.1, -0.05) is 19.8 Å². The van der Waals surface area contributed by atoms with Crippen molar-refractivity contribution in [1.29, 1.82) is 0 Å². The standard InChI is InChI=1S/C18H26N4O5S/c1-3-15(17(23)27-4-2)22-18(24)21-13-14(9-10-16(21)19-22)28(25,26)20-11-7-5-6-8-12-20/h9-10,13,15H,3-8,11-12H2,1-2H3. The Balaban J connectivity index is 2.01. The minimum absolute atomic E-state index is 0.0488. The molecule has 0 N–H and O–H groups in total. The Bertz CT molecular complexity index is 1000. The number of aromatic nitrogens is 3. The zero-order valence-corrected chi connectivity index (χ0v) is 17.0. The van der Waals surface area contributed by atoms with Crippen LogP contribution >= 0.6 is 0 Å². The van der Waals surface area contributed by atoms with Crippen LogP contribution in [0.1, 0.15) is 52.0 Å². The molecule has 0 saturated carbocycles. The fraction of sp³-hybridized carbons (Fsp3) is 0.611. The van der Waals surface area contributed by atoms with E-state index in [1.807, 2.05) is 0 Å². The van der Waals surface area contributed by atoms with Crippen molar-refractivity contribution in [3.8, 4) is 0 Å². The van der Waals surface area contributed by atoms with Crippen molar-refractivity contribution in [2.45, 2.75) is 56.9 Å². The molecule has 1 unspecified atom stereocenters. The SMILES string of the molecule is CCOC(=O)C(CC)n1nc2ccc(S(=O)(=O)N3CCCCCC3)cn2c1=O. The molecule has 9 nitrogen and oxygen atoms in total. The summed E-state index contributed by atoms with van der Waals surface area (Å²) in [7, 11) is -3.69. The largest absolute Gasteiger partial charge is 0.464 e. The van der Waals surface area contributed by atoms with Gasteiger partial charge in [0, 0.05) is 19.3 Å². The zero-order valence-electron chi connectivity index (χ0n) is 16.2. The third-order valence-corrected chi connectivity index (χ3v) is 6.84. The van der Waals surface area contributed by atoms with Gasteiger partial charge < -0.3 is 4.74 Å². The van der Waals surface area contributed by atoms with Crippen LogP contribution in [0.3, 0.4) is 0 Å². The maximum atomic E-state index is 13.0. The van der Waals surface area contributed by atoms with Gasteiger partial charge in [0.1, 0.15) is 0 Å². The van der Waals surface area contributed by atoms with Gasteiger partial charge >= 0.3 is 11.7 Å². The monoisotopic (exact) mass is 410 g/mol. The summed E-state index contributed by atoms with van der Waals surface area (Å²) in [5, 5.41) is 4.20. The van der Waals surface area contributed by atoms with E-state index in [0.717, 1.165) is 30.4 Å². The molecule has 0 spiro atoms. The van der Waals surface area contributed by atoms with Gasteiger partial charge in [0.05, 0.1) is 11.5 Å². The fourth-order valence-electron chi connectivity index (χ4n) is 3.44. The lowest BCUT2D eigenvalue weighted by molar-refractivity contribution is -0.147. The lowest BCUT2D eigenvalue weighted by Crippen LogP contribution is -2.33. The Labute approximate surface area is 163 Å². The first kappa shape index (κ1) is 20.5. The molecule has 28 heavy (non-hydrogen) atoms. The first-order valence-corrected chi connectivity index (χ1v) is 11.1. The number of hydrogen-bond acceptors (Lipinski definition) is 6. The van der Waals surface area contributed by atoms with Gasteiger partial charge in [-0.05, 0) is 38.3 Å². The summed E-state index contributed by atoms with van der Waals surface area (Å²) in [6.07, 6.45) is 5.32. The highest BCUT2D eigenvalue weighted by molar-refractivity contribution is 7.89. The van der Waals surface area contributed by atoms with E-state index in [-0.39, 0.29) is 17.1 Å². The van der Waals surface area contributed by atoms with Crippen LogP contribution in [-0.4, -0.2) is 52.6 Å². The summed E-state index contributed by atoms with van der Waals surface area (Å²) in [5.74, 6) is -0.534. The minimum Gasteiger partial charge on any atom is -0.464 e. The lowest BCUT2D eigenvalue weighted by atomic mass is 10.2. The van der Waals surface area contributed by atoms with E-state index < -0.39 is 27.7 Å². The highest BCUT2D eigenvalue weighted by Crippen LogP contribution is 2.20. The highest BCUT2D eigenvalue weighted by atomic mass is 32.2. The van der Waals surface area contributed by atoms with E-state index in [4.69, 9.17) is 4.74 Å². The molecule has 0 aliphatic carbocycles. The maximum absolute atomic E-state index is 13.0. The Morgan fingerprint density at radius 3 is 2.46 bits per heavy atom. The van der Waals surface area contributed by atoms with Gasteiger partial charge in [0.25, 0.3) is 0 Å². The number of ether oxygens (including phenoxy) is 1. The van der Waals surface area contributed by atoms with Crippen molar-refractivity contribution in [3.63, 3.8) is 0 Å². The van der Waals surface area contributed by atoms with Crippen LogP contribution in [0.5, 0.6) is 0 Å². The molecular formula is C18H26N4O5S. The number of rotatable bonds is 6. The van der Waals surface area contributed by atoms with E-state index in [2.05, 4.69) is 5.10 Å². The third-order valence-electron chi connectivity index (χ3n) is 4.96. The summed E-state index contributed by atoms with van der Waals surface area (Å²) in [6, 6.07) is 2.09. The molecule has 1 aliphatic heterocycles. The van der Waals surface area contributed by atoms with Crippen molar-refractivity contribution in [3.05, 3.63) is 28.8 Å². The van der Waals surface area contributed by atoms with Crippen LogP contribution in [0.2, 0.25) is 0 Å². The Hall–Kier alpha value is -2.20. The number of fused-ring (bicyclic) bond motifs is 1. The summed E-state index contributed by atoms with van der Waals surface area (Å²) in [5.41, 5.74) is -0.287. The first-order chi connectivity index (χ1) is 13.4. The van der Waals surface area contributed by atoms with Crippen molar-refractivity contribution in [1.82, 2.24) is 18.5 Å². The topological polar surface area (TPSA) is 103 Å². The van der Waals surface area contributed by atoms with E-state index >= 15 is 0 Å². The summed E-state index contributed by atoms with van der Waals surface area (Å²) in [4.78, 5) is 25.0. The number of sulfonamides is 1. The van der Waals surface area contributed by atoms with Gasteiger partial charge in [0.15, 0.2) is 11.7 Å². The molecule has 0 bridgehead atoms. The molecule has 1 atom stereocenters. The quantitative estimate of drug-likeness (QED) is 0.670. The molecule has 1 fully saturated rings. The molecular weight excluding hydrogens is 384 g/mol. The number of carbonyl (C=O) groups excluding carboxylic acids is 1. The molecule has 154 valence electrons. The van der Waals surface area contributed by atoms with E-state index in [1.165, 1.54) is 27.0 Å². The second-order valence-electron chi connectivity index (χ2n) is 6.81. The normalized spacial score (nSPS) is 17.4. The Morgan fingerprint density at radius 1 is 1.18 bits per heavy atom. The number of nitrogens with zero attached hydrogens (tertiary/aromatic N) is 4. The minimum atomic E-state index is -3.69. The van der Waals surface area contributed by atoms with Gasteiger partial charge in [-0.3, -0.25) is 0 Å². The van der Waals surface area contributed by atoms with Gasteiger partial charge in [-0.25, -0.2) is 22.4 Å². The van der Waals surface area contributed by atoms with Crippen LogP contribution < -0.4 is 5.69 Å². The summed E-state index contributed by atoms with van der Waals surface area (Å²) >= 11 is 0. The van der Waals surface area contributed by atoms with Crippen molar-refractivity contribution < 1.29 is 17.9 Å². The maximum Gasteiger partial charge on any atom is 0.351 e. The molecule has 0 radical (unpaired) electrons. The highest BCUT2D eigenvalue weighted by Gasteiger charge is 2.28. The van der Waals surface area contributed by atoms with Gasteiger partial charge in [-0.15, -0.1) is 5.10 Å². The molecule has 10 heteroatoms. The van der Waals surface area contributed by atoms with Crippen LogP contribution in [0, 0.1) is 0 Å². The number of esters is 1. The van der Waals surface area contributed by atoms with Crippen molar-refractivity contribution in [2.75, 3.05) is 19.7 Å². The smallest absolute Gasteiger partial charge is 0.351 e. The zero-order chi connectivity index (χ0) is 20.3. The number of carbonyl (C=O) groups is 1. The summed E-state index contributed by atoms with van der Waals surface area (Å²) < 4.78 is 34.7. The Kier molecular flexibility index (Phi) is 6.19. The molecule has 1 saturated heterocycles. The molecule has 2 aromatic heterocycles. The van der Waals surface area contributed by atoms with Crippen LogP contribution in [0.25, 0.3) is 5.65 Å². The Morgan fingerprint density at radius 2 is 1.86 bits per heavy atom. The molecule has 1 aliphatic rings. The number of hydrogen-bond donors (Lipinski definition) is 0. The molecule has 3 heterocycles. The van der Waals surface area contributed by atoms with Gasteiger partial charge in [0.2, 0.25) is 10.0 Å².